The van der Waals surface area contributed by atoms with Crippen LogP contribution in [0.1, 0.15) is 20.8 Å². The number of carbonyl (C=O) groups is 1. The van der Waals surface area contributed by atoms with E-state index in [1.54, 1.807) is 33.0 Å². The van der Waals surface area contributed by atoms with Gasteiger partial charge in [-0.2, -0.15) is 0 Å². The van der Waals surface area contributed by atoms with Crippen LogP contribution in [0.5, 0.6) is 0 Å². The first-order chi connectivity index (χ1) is 10.3. The van der Waals surface area contributed by atoms with E-state index in [2.05, 4.69) is 15.3 Å². The van der Waals surface area contributed by atoms with Gasteiger partial charge in [-0.15, -0.1) is 0 Å². The molecule has 3 aromatic rings. The molecular formula is C15H17N5O2. The minimum atomic E-state index is -0.596. The fraction of sp³-hybridized carbons (Fsp3) is 0.267. The van der Waals surface area contributed by atoms with Crippen LogP contribution < -0.4 is 16.4 Å². The lowest BCUT2D eigenvalue weighted by molar-refractivity contribution is 0.0635. The number of benzene rings is 1. The van der Waals surface area contributed by atoms with Gasteiger partial charge in [0.1, 0.15) is 16.9 Å². The lowest BCUT2D eigenvalue weighted by Gasteiger charge is -2.19. The summed E-state index contributed by atoms with van der Waals surface area (Å²) in [5, 5.41) is 12.3. The molecule has 22 heavy (non-hydrogen) atoms. The van der Waals surface area contributed by atoms with Crippen molar-refractivity contribution in [3.63, 3.8) is 0 Å². The zero-order valence-corrected chi connectivity index (χ0v) is 12.6. The number of nitrogens with two attached hydrogens (primary N) is 1. The highest BCUT2D eigenvalue weighted by molar-refractivity contribution is 6.17. The van der Waals surface area contributed by atoms with E-state index in [1.165, 1.54) is 6.07 Å². The van der Waals surface area contributed by atoms with Gasteiger partial charge in [-0.05, 0) is 32.9 Å². The number of carbonyl (C=O) groups excluding carboxylic acids is 1. The van der Waals surface area contributed by atoms with Crippen molar-refractivity contribution in [1.82, 2.24) is 9.97 Å². The number of H-pyrrole nitrogens is 1. The highest BCUT2D eigenvalue weighted by atomic mass is 16.6. The lowest BCUT2D eigenvalue weighted by atomic mass is 10.1. The molecule has 0 radical (unpaired) electrons. The van der Waals surface area contributed by atoms with Crippen LogP contribution in [0.25, 0.3) is 21.8 Å². The maximum absolute atomic E-state index is 11.9. The molecule has 0 aliphatic rings. The third kappa shape index (κ3) is 2.30. The van der Waals surface area contributed by atoms with Gasteiger partial charge in [0.05, 0.1) is 16.6 Å². The molecular weight excluding hydrogens is 282 g/mol. The van der Waals surface area contributed by atoms with E-state index >= 15 is 0 Å². The minimum absolute atomic E-state index is 0.215. The van der Waals surface area contributed by atoms with Crippen molar-refractivity contribution < 1.29 is 9.53 Å². The first-order valence-electron chi connectivity index (χ1n) is 6.84. The Labute approximate surface area is 126 Å². The van der Waals surface area contributed by atoms with Crippen LogP contribution in [-0.2, 0) is 4.74 Å². The second kappa shape index (κ2) is 4.59. The number of pyridine rings is 1. The number of aromatic nitrogens is 2. The number of amides is 1. The molecule has 0 fully saturated rings. The minimum Gasteiger partial charge on any atom is -0.444 e. The molecule has 2 aromatic heterocycles. The fourth-order valence-electron chi connectivity index (χ4n) is 2.38. The Morgan fingerprint density at radius 3 is 2.86 bits per heavy atom. The second-order valence-corrected chi connectivity index (χ2v) is 6.09. The number of nitrogen functional groups attached to an aromatic ring is 1. The molecule has 7 heteroatoms. The molecule has 2 heterocycles. The first kappa shape index (κ1) is 14.1. The molecule has 114 valence electrons. The van der Waals surface area contributed by atoms with Gasteiger partial charge >= 0.3 is 6.09 Å². The smallest absolute Gasteiger partial charge is 0.413 e. The van der Waals surface area contributed by atoms with Gasteiger partial charge in [0.2, 0.25) is 0 Å². The molecule has 1 amide bonds. The Balaban J connectivity index is 2.13. The van der Waals surface area contributed by atoms with E-state index < -0.39 is 11.7 Å². The van der Waals surface area contributed by atoms with Crippen LogP contribution >= 0.6 is 0 Å². The van der Waals surface area contributed by atoms with Crippen molar-refractivity contribution >= 4 is 39.4 Å². The van der Waals surface area contributed by atoms with Crippen molar-refractivity contribution in [2.24, 2.45) is 0 Å². The number of anilines is 2. The number of ether oxygens (including phenoxy) is 1. The van der Waals surface area contributed by atoms with Gasteiger partial charge in [-0.3, -0.25) is 10.7 Å². The molecule has 0 unspecified atom stereocenters. The summed E-state index contributed by atoms with van der Waals surface area (Å²) in [5.41, 5.74) is 7.00. The maximum Gasteiger partial charge on any atom is 0.413 e. The molecule has 7 nitrogen and oxygen atoms in total. The summed E-state index contributed by atoms with van der Waals surface area (Å²) in [4.78, 5) is 19.3. The van der Waals surface area contributed by atoms with E-state index in [4.69, 9.17) is 15.9 Å². The van der Waals surface area contributed by atoms with Crippen molar-refractivity contribution in [3.8, 4) is 0 Å². The molecule has 5 N–H and O–H groups in total. The standard InChI is InChI=1S/C15H17N5O2/c1-15(2,3)22-14(21)20-13-7-4-5-18-11-8(16)6-9(17)12(19-13)10(7)11/h4-6,17-18H,16H2,1-3H3,(H,20,21). The van der Waals surface area contributed by atoms with Crippen LogP contribution in [0, 0.1) is 5.41 Å². The first-order valence-corrected chi connectivity index (χ1v) is 6.84. The van der Waals surface area contributed by atoms with Crippen LogP contribution in [0.4, 0.5) is 16.3 Å². The normalized spacial score (nSPS) is 12.0. The van der Waals surface area contributed by atoms with Crippen molar-refractivity contribution in [3.05, 3.63) is 23.7 Å². The zero-order chi connectivity index (χ0) is 16.1. The van der Waals surface area contributed by atoms with Crippen LogP contribution in [0.3, 0.4) is 0 Å². The predicted molar refractivity (Wildman–Crippen MR) is 84.9 cm³/mol. The SMILES string of the molecule is CC(C)(C)OC(=O)Nc1nc2c(=N)cc(N)c3[nH]ccc1c32. The summed E-state index contributed by atoms with van der Waals surface area (Å²) < 4.78 is 5.24. The Kier molecular flexibility index (Phi) is 2.94. The molecule has 0 saturated carbocycles. The highest BCUT2D eigenvalue weighted by Crippen LogP contribution is 2.31. The van der Waals surface area contributed by atoms with Gasteiger partial charge in [0, 0.05) is 17.0 Å². The molecule has 3 rings (SSSR count). The highest BCUT2D eigenvalue weighted by Gasteiger charge is 2.20. The largest absolute Gasteiger partial charge is 0.444 e. The Morgan fingerprint density at radius 2 is 2.18 bits per heavy atom. The molecule has 0 aliphatic carbocycles. The second-order valence-electron chi connectivity index (χ2n) is 6.09. The third-order valence-electron chi connectivity index (χ3n) is 3.18. The van der Waals surface area contributed by atoms with E-state index in [0.717, 1.165) is 10.8 Å². The van der Waals surface area contributed by atoms with Crippen LogP contribution in [0.15, 0.2) is 18.3 Å². The molecule has 0 bridgehead atoms. The molecule has 1 aromatic carbocycles. The third-order valence-corrected chi connectivity index (χ3v) is 3.18. The Morgan fingerprint density at radius 1 is 1.45 bits per heavy atom. The van der Waals surface area contributed by atoms with Crippen molar-refractivity contribution in [2.45, 2.75) is 26.4 Å². The number of nitrogens with one attached hydrogen (secondary N) is 3. The molecule has 0 atom stereocenters. The molecule has 0 spiro atoms. The average Bonchev–Trinajstić information content (AvgIpc) is 2.74. The summed E-state index contributed by atoms with van der Waals surface area (Å²) in [5.74, 6) is 0.363. The Hall–Kier alpha value is -2.83. The number of rotatable bonds is 1. The van der Waals surface area contributed by atoms with Crippen molar-refractivity contribution in [2.75, 3.05) is 11.1 Å². The van der Waals surface area contributed by atoms with E-state index in [9.17, 15) is 4.79 Å². The van der Waals surface area contributed by atoms with Crippen LogP contribution in [0.2, 0.25) is 0 Å². The lowest BCUT2D eigenvalue weighted by Crippen LogP contribution is -2.27. The molecule has 0 saturated heterocycles. The number of hydrogen-bond donors (Lipinski definition) is 4. The van der Waals surface area contributed by atoms with Gasteiger partial charge in [0.25, 0.3) is 0 Å². The summed E-state index contributed by atoms with van der Waals surface area (Å²) in [7, 11) is 0. The summed E-state index contributed by atoms with van der Waals surface area (Å²) in [6.45, 7) is 5.36. The van der Waals surface area contributed by atoms with Gasteiger partial charge in [-0.1, -0.05) is 0 Å². The number of nitrogens with zero attached hydrogens (tertiary/aromatic N) is 1. The summed E-state index contributed by atoms with van der Waals surface area (Å²) >= 11 is 0. The molecule has 0 aliphatic heterocycles. The predicted octanol–water partition coefficient (Wildman–Crippen LogP) is 2.56. The van der Waals surface area contributed by atoms with Gasteiger partial charge < -0.3 is 15.5 Å². The zero-order valence-electron chi connectivity index (χ0n) is 12.6. The average molecular weight is 299 g/mol. The maximum atomic E-state index is 11.9. The van der Waals surface area contributed by atoms with Gasteiger partial charge in [-0.25, -0.2) is 9.78 Å². The fourth-order valence-corrected chi connectivity index (χ4v) is 2.38. The van der Waals surface area contributed by atoms with E-state index in [-0.39, 0.29) is 5.36 Å². The number of aromatic amines is 1. The quantitative estimate of drug-likeness (QED) is 0.516. The van der Waals surface area contributed by atoms with Crippen LogP contribution in [-0.4, -0.2) is 21.7 Å². The van der Waals surface area contributed by atoms with E-state index in [0.29, 0.717) is 22.5 Å². The topological polar surface area (TPSA) is 117 Å². The van der Waals surface area contributed by atoms with Crippen molar-refractivity contribution in [1.29, 1.82) is 5.41 Å². The summed E-state index contributed by atoms with van der Waals surface area (Å²) in [6, 6.07) is 3.33. The van der Waals surface area contributed by atoms with E-state index in [1.807, 2.05) is 0 Å². The number of hydrogen-bond acceptors (Lipinski definition) is 5. The Bertz CT molecular complexity index is 923. The monoisotopic (exact) mass is 299 g/mol. The van der Waals surface area contributed by atoms with Gasteiger partial charge in [0.15, 0.2) is 0 Å². The summed E-state index contributed by atoms with van der Waals surface area (Å²) in [6.07, 6.45) is 1.14.